The van der Waals surface area contributed by atoms with Crippen LogP contribution in [-0.2, 0) is 16.0 Å². The Morgan fingerprint density at radius 3 is 2.79 bits per heavy atom. The molecule has 1 aliphatic rings. The molecule has 19 heavy (non-hydrogen) atoms. The number of thiazole rings is 1. The van der Waals surface area contributed by atoms with Gasteiger partial charge in [-0.25, -0.2) is 4.98 Å². The largest absolute Gasteiger partial charge is 0.481 e. The molecule has 0 bridgehead atoms. The van der Waals surface area contributed by atoms with Crippen molar-refractivity contribution in [1.29, 1.82) is 0 Å². The van der Waals surface area contributed by atoms with E-state index in [0.717, 1.165) is 17.1 Å². The maximum absolute atomic E-state index is 11.9. The molecule has 6 heteroatoms. The number of aromatic nitrogens is 1. The van der Waals surface area contributed by atoms with E-state index in [-0.39, 0.29) is 17.7 Å². The van der Waals surface area contributed by atoms with Gasteiger partial charge < -0.3 is 10.4 Å². The van der Waals surface area contributed by atoms with E-state index in [0.29, 0.717) is 25.8 Å². The summed E-state index contributed by atoms with van der Waals surface area (Å²) in [6.07, 6.45) is 2.50. The van der Waals surface area contributed by atoms with Crippen LogP contribution in [0.1, 0.15) is 30.0 Å². The predicted molar refractivity (Wildman–Crippen MR) is 72.0 cm³/mol. The molecule has 1 aliphatic carbocycles. The SMILES string of the molecule is Cc1csc(CCNC(=O)[C@@H]2CC[C@H](C(=O)O)C2)n1. The normalized spacial score (nSPS) is 22.4. The highest BCUT2D eigenvalue weighted by Gasteiger charge is 2.33. The van der Waals surface area contributed by atoms with Crippen molar-refractivity contribution in [3.8, 4) is 0 Å². The summed E-state index contributed by atoms with van der Waals surface area (Å²) < 4.78 is 0. The third-order valence-electron chi connectivity index (χ3n) is 3.46. The zero-order valence-corrected chi connectivity index (χ0v) is 11.7. The zero-order valence-electron chi connectivity index (χ0n) is 10.9. The van der Waals surface area contributed by atoms with Gasteiger partial charge in [0.2, 0.25) is 5.91 Å². The van der Waals surface area contributed by atoms with Crippen LogP contribution in [0.3, 0.4) is 0 Å². The van der Waals surface area contributed by atoms with E-state index in [2.05, 4.69) is 10.3 Å². The quantitative estimate of drug-likeness (QED) is 0.860. The summed E-state index contributed by atoms with van der Waals surface area (Å²) in [7, 11) is 0. The van der Waals surface area contributed by atoms with Crippen LogP contribution >= 0.6 is 11.3 Å². The van der Waals surface area contributed by atoms with Crippen molar-refractivity contribution in [2.75, 3.05) is 6.54 Å². The maximum Gasteiger partial charge on any atom is 0.306 e. The molecule has 1 heterocycles. The lowest BCUT2D eigenvalue weighted by Gasteiger charge is -2.10. The van der Waals surface area contributed by atoms with Crippen LogP contribution in [0.25, 0.3) is 0 Å². The monoisotopic (exact) mass is 282 g/mol. The van der Waals surface area contributed by atoms with Gasteiger partial charge in [-0.2, -0.15) is 0 Å². The number of carbonyl (C=O) groups excluding carboxylic acids is 1. The molecule has 5 nitrogen and oxygen atoms in total. The van der Waals surface area contributed by atoms with Crippen molar-refractivity contribution >= 4 is 23.2 Å². The number of hydrogen-bond donors (Lipinski definition) is 2. The minimum absolute atomic E-state index is 0.0166. The summed E-state index contributed by atoms with van der Waals surface area (Å²) in [5, 5.41) is 14.8. The number of carboxylic acids is 1. The molecule has 0 radical (unpaired) electrons. The smallest absolute Gasteiger partial charge is 0.306 e. The molecule has 104 valence electrons. The lowest BCUT2D eigenvalue weighted by atomic mass is 10.0. The van der Waals surface area contributed by atoms with Gasteiger partial charge in [-0.15, -0.1) is 11.3 Å². The number of carboxylic acid groups (broad SMARTS) is 1. The standard InChI is InChI=1S/C13H18N2O3S/c1-8-7-19-11(15-8)4-5-14-12(16)9-2-3-10(6-9)13(17)18/h7,9-10H,2-6H2,1H3,(H,14,16)(H,17,18)/t9-,10+/m1/s1. The minimum atomic E-state index is -0.784. The van der Waals surface area contributed by atoms with E-state index in [1.807, 2.05) is 12.3 Å². The van der Waals surface area contributed by atoms with Gasteiger partial charge in [0.1, 0.15) is 0 Å². The second-order valence-electron chi connectivity index (χ2n) is 4.97. The molecular formula is C13H18N2O3S. The van der Waals surface area contributed by atoms with E-state index >= 15 is 0 Å². The molecule has 2 N–H and O–H groups in total. The van der Waals surface area contributed by atoms with Gasteiger partial charge in [0.05, 0.1) is 10.9 Å². The first-order valence-corrected chi connectivity index (χ1v) is 7.35. The van der Waals surface area contributed by atoms with Crippen molar-refractivity contribution in [3.63, 3.8) is 0 Å². The summed E-state index contributed by atoms with van der Waals surface area (Å²) in [5.41, 5.74) is 1.01. The summed E-state index contributed by atoms with van der Waals surface area (Å²) in [6, 6.07) is 0. The molecule has 0 spiro atoms. The number of aliphatic carboxylic acids is 1. The fourth-order valence-corrected chi connectivity index (χ4v) is 3.17. The van der Waals surface area contributed by atoms with Gasteiger partial charge in [0.15, 0.2) is 0 Å². The number of amides is 1. The van der Waals surface area contributed by atoms with Gasteiger partial charge in [-0.1, -0.05) is 0 Å². The molecule has 1 aromatic rings. The summed E-state index contributed by atoms with van der Waals surface area (Å²) in [6.45, 7) is 2.52. The van der Waals surface area contributed by atoms with E-state index in [4.69, 9.17) is 5.11 Å². The van der Waals surface area contributed by atoms with E-state index in [9.17, 15) is 9.59 Å². The molecule has 0 aromatic carbocycles. The number of nitrogens with zero attached hydrogens (tertiary/aromatic N) is 1. The average molecular weight is 282 g/mol. The third-order valence-corrected chi connectivity index (χ3v) is 4.48. The summed E-state index contributed by atoms with van der Waals surface area (Å²) >= 11 is 1.60. The number of rotatable bonds is 5. The van der Waals surface area contributed by atoms with E-state index in [1.54, 1.807) is 11.3 Å². The molecule has 0 unspecified atom stereocenters. The Morgan fingerprint density at radius 1 is 1.47 bits per heavy atom. The molecular weight excluding hydrogens is 264 g/mol. The Kier molecular flexibility index (Phi) is 4.52. The van der Waals surface area contributed by atoms with Crippen LogP contribution < -0.4 is 5.32 Å². The van der Waals surface area contributed by atoms with Crippen molar-refractivity contribution < 1.29 is 14.7 Å². The lowest BCUT2D eigenvalue weighted by molar-refractivity contribution is -0.141. The zero-order chi connectivity index (χ0) is 13.8. The Balaban J connectivity index is 1.72. The Morgan fingerprint density at radius 2 is 2.21 bits per heavy atom. The third kappa shape index (κ3) is 3.76. The number of nitrogens with one attached hydrogen (secondary N) is 1. The van der Waals surface area contributed by atoms with Gasteiger partial charge in [-0.3, -0.25) is 9.59 Å². The van der Waals surface area contributed by atoms with Crippen LogP contribution in [-0.4, -0.2) is 28.5 Å². The number of carbonyl (C=O) groups is 2. The van der Waals surface area contributed by atoms with Crippen molar-refractivity contribution in [1.82, 2.24) is 10.3 Å². The molecule has 0 saturated heterocycles. The van der Waals surface area contributed by atoms with Crippen LogP contribution in [0.2, 0.25) is 0 Å². The Labute approximate surface area is 116 Å². The maximum atomic E-state index is 11.9. The van der Waals surface area contributed by atoms with Gasteiger partial charge in [0.25, 0.3) is 0 Å². The molecule has 1 aromatic heterocycles. The van der Waals surface area contributed by atoms with Crippen LogP contribution in [0.15, 0.2) is 5.38 Å². The molecule has 2 rings (SSSR count). The number of aryl methyl sites for hydroxylation is 1. The highest BCUT2D eigenvalue weighted by molar-refractivity contribution is 7.09. The predicted octanol–water partition coefficient (Wildman–Crippen LogP) is 1.61. The van der Waals surface area contributed by atoms with Crippen molar-refractivity contribution in [2.45, 2.75) is 32.6 Å². The molecule has 1 amide bonds. The van der Waals surface area contributed by atoms with Gasteiger partial charge in [-0.05, 0) is 26.2 Å². The summed E-state index contributed by atoms with van der Waals surface area (Å²) in [5.74, 6) is -1.29. The fourth-order valence-electron chi connectivity index (χ4n) is 2.40. The van der Waals surface area contributed by atoms with E-state index < -0.39 is 5.97 Å². The van der Waals surface area contributed by atoms with E-state index in [1.165, 1.54) is 0 Å². The second-order valence-corrected chi connectivity index (χ2v) is 5.91. The lowest BCUT2D eigenvalue weighted by Crippen LogP contribution is -2.31. The van der Waals surface area contributed by atoms with Crippen LogP contribution in [0.5, 0.6) is 0 Å². The van der Waals surface area contributed by atoms with Gasteiger partial charge >= 0.3 is 5.97 Å². The second kappa shape index (κ2) is 6.14. The van der Waals surface area contributed by atoms with Crippen molar-refractivity contribution in [2.24, 2.45) is 11.8 Å². The van der Waals surface area contributed by atoms with Crippen LogP contribution in [0, 0.1) is 18.8 Å². The van der Waals surface area contributed by atoms with Crippen LogP contribution in [0.4, 0.5) is 0 Å². The minimum Gasteiger partial charge on any atom is -0.481 e. The topological polar surface area (TPSA) is 79.3 Å². The number of hydrogen-bond acceptors (Lipinski definition) is 4. The molecule has 2 atom stereocenters. The van der Waals surface area contributed by atoms with Gasteiger partial charge in [0, 0.05) is 30.0 Å². The molecule has 0 aliphatic heterocycles. The molecule has 1 saturated carbocycles. The first kappa shape index (κ1) is 14.0. The first-order chi connectivity index (χ1) is 9.06. The Hall–Kier alpha value is -1.43. The average Bonchev–Trinajstić information content (AvgIpc) is 2.98. The fraction of sp³-hybridized carbons (Fsp3) is 0.615. The highest BCUT2D eigenvalue weighted by atomic mass is 32.1. The Bertz CT molecular complexity index is 472. The van der Waals surface area contributed by atoms with Crippen molar-refractivity contribution in [3.05, 3.63) is 16.1 Å². The first-order valence-electron chi connectivity index (χ1n) is 6.48. The summed E-state index contributed by atoms with van der Waals surface area (Å²) in [4.78, 5) is 27.1. The molecule has 1 fully saturated rings. The highest BCUT2D eigenvalue weighted by Crippen LogP contribution is 2.31.